The second-order valence-corrected chi connectivity index (χ2v) is 11.9. The Morgan fingerprint density at radius 1 is 0.609 bits per heavy atom. The minimum Gasteiger partial charge on any atom is -0.468 e. The van der Waals surface area contributed by atoms with Crippen molar-refractivity contribution in [3.05, 3.63) is 168 Å². The molecule has 236 valence electrons. The lowest BCUT2D eigenvalue weighted by molar-refractivity contribution is -0.218. The molecule has 2 aliphatic rings. The first-order valence-corrected chi connectivity index (χ1v) is 16.0. The van der Waals surface area contributed by atoms with E-state index in [2.05, 4.69) is 58.7 Å². The number of hydrogen-bond acceptors (Lipinski definition) is 7. The maximum Gasteiger partial charge on any atom is 0.122 e. The van der Waals surface area contributed by atoms with Gasteiger partial charge in [0.15, 0.2) is 0 Å². The Hall–Kier alpha value is -4.08. The molecule has 0 amide bonds. The Kier molecular flexibility index (Phi) is 9.68. The second-order valence-electron chi connectivity index (χ2n) is 11.9. The minimum absolute atomic E-state index is 0.0735. The molecule has 46 heavy (non-hydrogen) atoms. The summed E-state index contributed by atoms with van der Waals surface area (Å²) in [5, 5.41) is 14.9. The smallest absolute Gasteiger partial charge is 0.122 e. The highest BCUT2D eigenvalue weighted by molar-refractivity contribution is 5.26. The molecule has 2 N–H and O–H groups in total. The van der Waals surface area contributed by atoms with Crippen LogP contribution in [-0.2, 0) is 34.0 Å². The largest absolute Gasteiger partial charge is 0.468 e. The van der Waals surface area contributed by atoms with Crippen molar-refractivity contribution >= 4 is 0 Å². The van der Waals surface area contributed by atoms with Crippen molar-refractivity contribution < 1.29 is 23.7 Å². The third-order valence-corrected chi connectivity index (χ3v) is 9.08. The number of aliphatic hydroxyl groups is 1. The molecule has 4 aromatic carbocycles. The number of fused-ring (bicyclic) bond motifs is 2. The number of rotatable bonds is 13. The van der Waals surface area contributed by atoms with E-state index in [4.69, 9.17) is 18.6 Å². The summed E-state index contributed by atoms with van der Waals surface area (Å²) in [5.41, 5.74) is 4.24. The average molecular weight is 617 g/mol. The van der Waals surface area contributed by atoms with Gasteiger partial charge in [-0.25, -0.2) is 0 Å². The molecule has 7 rings (SSSR count). The van der Waals surface area contributed by atoms with E-state index in [9.17, 15) is 5.11 Å². The third kappa shape index (κ3) is 6.57. The number of aliphatic hydroxyl groups excluding tert-OH is 1. The van der Waals surface area contributed by atoms with Crippen molar-refractivity contribution in [2.24, 2.45) is 0 Å². The number of benzene rings is 4. The molecule has 2 fully saturated rings. The van der Waals surface area contributed by atoms with Crippen molar-refractivity contribution in [3.8, 4) is 0 Å². The number of hydrogen-bond donors (Lipinski definition) is 2. The zero-order valence-corrected chi connectivity index (χ0v) is 25.7. The fourth-order valence-corrected chi connectivity index (χ4v) is 6.95. The summed E-state index contributed by atoms with van der Waals surface area (Å²) in [6, 6.07) is 43.9. The lowest BCUT2D eigenvalue weighted by Crippen LogP contribution is -2.66. The number of ether oxygens (including phenoxy) is 3. The van der Waals surface area contributed by atoms with Crippen LogP contribution in [-0.4, -0.2) is 47.1 Å². The van der Waals surface area contributed by atoms with Crippen LogP contribution in [0.15, 0.2) is 144 Å². The fourth-order valence-electron chi connectivity index (χ4n) is 6.95. The van der Waals surface area contributed by atoms with E-state index >= 15 is 0 Å². The molecule has 7 heteroatoms. The fraction of sp³-hybridized carbons (Fsp3) is 0.282. The SMILES string of the molecule is OC[C@@H](c1ccccc1)N1[C@@H]2[C@H](OCc3ccccc3)[C@@H](OCc3ccccc3)[C@H](OCc3ccccc3)[C@@H]1N[C@@H]2c1ccco1. The van der Waals surface area contributed by atoms with Gasteiger partial charge in [-0.05, 0) is 34.4 Å². The van der Waals surface area contributed by atoms with Crippen molar-refractivity contribution in [2.75, 3.05) is 6.61 Å². The van der Waals surface area contributed by atoms with Crippen molar-refractivity contribution in [3.63, 3.8) is 0 Å². The predicted molar refractivity (Wildman–Crippen MR) is 175 cm³/mol. The molecule has 0 saturated carbocycles. The predicted octanol–water partition coefficient (Wildman–Crippen LogP) is 6.42. The van der Waals surface area contributed by atoms with E-state index in [1.165, 1.54) is 0 Å². The highest BCUT2D eigenvalue weighted by Crippen LogP contribution is 2.46. The van der Waals surface area contributed by atoms with E-state index in [1.807, 2.05) is 84.9 Å². The molecule has 0 unspecified atom stereocenters. The van der Waals surface area contributed by atoms with Gasteiger partial charge in [0.1, 0.15) is 24.1 Å². The van der Waals surface area contributed by atoms with Crippen molar-refractivity contribution in [1.29, 1.82) is 0 Å². The topological polar surface area (TPSA) is 76.3 Å². The number of piperidine rings is 1. The van der Waals surface area contributed by atoms with Crippen LogP contribution >= 0.6 is 0 Å². The van der Waals surface area contributed by atoms with E-state index in [0.29, 0.717) is 19.8 Å². The molecule has 7 nitrogen and oxygen atoms in total. The van der Waals surface area contributed by atoms with E-state index < -0.39 is 18.3 Å². The Morgan fingerprint density at radius 2 is 1.11 bits per heavy atom. The van der Waals surface area contributed by atoms with Crippen LogP contribution in [0.2, 0.25) is 0 Å². The Balaban J connectivity index is 1.32. The van der Waals surface area contributed by atoms with Crippen LogP contribution in [0.5, 0.6) is 0 Å². The first kappa shape index (κ1) is 30.6. The quantitative estimate of drug-likeness (QED) is 0.158. The molecule has 0 radical (unpaired) electrons. The molecule has 2 saturated heterocycles. The van der Waals surface area contributed by atoms with Gasteiger partial charge < -0.3 is 23.7 Å². The zero-order valence-electron chi connectivity index (χ0n) is 25.7. The monoisotopic (exact) mass is 616 g/mol. The zero-order chi connectivity index (χ0) is 31.1. The molecule has 2 aliphatic heterocycles. The first-order chi connectivity index (χ1) is 22.8. The Bertz CT molecular complexity index is 1600. The van der Waals surface area contributed by atoms with Crippen molar-refractivity contribution in [1.82, 2.24) is 10.2 Å². The maximum atomic E-state index is 11.0. The molecule has 0 aliphatic carbocycles. The lowest BCUT2D eigenvalue weighted by atomic mass is 9.87. The highest BCUT2D eigenvalue weighted by atomic mass is 16.6. The molecule has 1 aromatic heterocycles. The number of nitrogens with one attached hydrogen (secondary N) is 1. The van der Waals surface area contributed by atoms with Gasteiger partial charge in [-0.3, -0.25) is 10.2 Å². The molecule has 5 aromatic rings. The Morgan fingerprint density at radius 3 is 1.61 bits per heavy atom. The molecular formula is C39H40N2O5. The van der Waals surface area contributed by atoms with Crippen LogP contribution in [0.25, 0.3) is 0 Å². The normalized spacial score (nSPS) is 25.0. The van der Waals surface area contributed by atoms with Gasteiger partial charge in [0.05, 0.1) is 57.0 Å². The second kappa shape index (κ2) is 14.6. The van der Waals surface area contributed by atoms with Gasteiger partial charge >= 0.3 is 0 Å². The summed E-state index contributed by atoms with van der Waals surface area (Å²) in [6.45, 7) is 1.14. The van der Waals surface area contributed by atoms with Gasteiger partial charge in [0.2, 0.25) is 0 Å². The minimum atomic E-state index is -0.446. The standard InChI is InChI=1S/C39H40N2O5/c42-24-32(31-20-11-4-12-21-31)41-35-34(33-22-13-23-43-33)40-39(41)38(46-27-30-18-9-3-10-19-30)37(45-26-29-16-7-2-8-17-29)36(35)44-25-28-14-5-1-6-15-28/h1-23,32,34-40,42H,24-27H2/t32-,34+,35-,36-,37+,38-,39+/m0/s1. The summed E-state index contributed by atoms with van der Waals surface area (Å²) >= 11 is 0. The van der Waals surface area contributed by atoms with Crippen LogP contribution in [0, 0.1) is 0 Å². The van der Waals surface area contributed by atoms with Crippen LogP contribution in [0.1, 0.15) is 40.1 Å². The molecule has 7 atom stereocenters. The highest BCUT2D eigenvalue weighted by Gasteiger charge is 2.61. The van der Waals surface area contributed by atoms with Crippen LogP contribution < -0.4 is 5.32 Å². The van der Waals surface area contributed by atoms with Crippen LogP contribution in [0.4, 0.5) is 0 Å². The molecule has 0 spiro atoms. The third-order valence-electron chi connectivity index (χ3n) is 9.08. The summed E-state index contributed by atoms with van der Waals surface area (Å²) in [5.74, 6) is 0.807. The van der Waals surface area contributed by atoms with Gasteiger partial charge in [-0.1, -0.05) is 121 Å². The molecule has 2 bridgehead atoms. The summed E-state index contributed by atoms with van der Waals surface area (Å²) in [6.07, 6.45) is 0.0826. The van der Waals surface area contributed by atoms with E-state index in [0.717, 1.165) is 28.0 Å². The van der Waals surface area contributed by atoms with Gasteiger partial charge in [-0.15, -0.1) is 0 Å². The van der Waals surface area contributed by atoms with Gasteiger partial charge in [-0.2, -0.15) is 0 Å². The first-order valence-electron chi connectivity index (χ1n) is 16.0. The lowest BCUT2D eigenvalue weighted by Gasteiger charge is -2.50. The maximum absolute atomic E-state index is 11.0. The molecular weight excluding hydrogens is 576 g/mol. The van der Waals surface area contributed by atoms with Crippen molar-refractivity contribution in [2.45, 2.75) is 62.4 Å². The number of nitrogens with zero attached hydrogens (tertiary/aromatic N) is 1. The van der Waals surface area contributed by atoms with E-state index in [-0.39, 0.29) is 30.9 Å². The van der Waals surface area contributed by atoms with Gasteiger partial charge in [0.25, 0.3) is 0 Å². The summed E-state index contributed by atoms with van der Waals surface area (Å²) < 4.78 is 26.8. The Labute approximate surface area is 270 Å². The van der Waals surface area contributed by atoms with E-state index in [1.54, 1.807) is 6.26 Å². The average Bonchev–Trinajstić information content (AvgIpc) is 3.76. The summed E-state index contributed by atoms with van der Waals surface area (Å²) in [4.78, 5) is 2.34. The summed E-state index contributed by atoms with van der Waals surface area (Å²) in [7, 11) is 0. The molecule has 3 heterocycles. The van der Waals surface area contributed by atoms with Crippen LogP contribution in [0.3, 0.4) is 0 Å². The van der Waals surface area contributed by atoms with Gasteiger partial charge in [0, 0.05) is 0 Å². The number of furan rings is 1.